The molecule has 29 heteroatoms. The van der Waals surface area contributed by atoms with Gasteiger partial charge in [0.1, 0.15) is 47.9 Å². The van der Waals surface area contributed by atoms with Crippen LogP contribution in [0.25, 0.3) is 11.1 Å². The van der Waals surface area contributed by atoms with E-state index in [0.717, 1.165) is 32.8 Å². The van der Waals surface area contributed by atoms with E-state index < -0.39 is 125 Å². The number of amides is 12. The number of methoxy groups -OCH3 is 2. The molecule has 1 aromatic heterocycles. The first-order valence-corrected chi connectivity index (χ1v) is 39.8. The van der Waals surface area contributed by atoms with Crippen LogP contribution < -0.4 is 53.6 Å². The lowest BCUT2D eigenvalue weighted by Gasteiger charge is -2.41. The van der Waals surface area contributed by atoms with Crippen molar-refractivity contribution in [2.45, 2.75) is 213 Å². The number of ether oxygens (including phenoxy) is 4. The van der Waals surface area contributed by atoms with Crippen molar-refractivity contribution in [1.29, 1.82) is 0 Å². The van der Waals surface area contributed by atoms with Gasteiger partial charge < -0.3 is 82.3 Å². The van der Waals surface area contributed by atoms with Gasteiger partial charge >= 0.3 is 18.2 Å². The number of hydrogen-bond acceptors (Lipinski definition) is 17. The number of fused-ring (bicyclic) bond motifs is 3. The fourth-order valence-corrected chi connectivity index (χ4v) is 15.0. The summed E-state index contributed by atoms with van der Waals surface area (Å²) in [5.74, 6) is -6.25. The number of primary amides is 1. The van der Waals surface area contributed by atoms with Crippen LogP contribution in [-0.4, -0.2) is 182 Å². The van der Waals surface area contributed by atoms with E-state index in [1.165, 1.54) is 32.3 Å². The van der Waals surface area contributed by atoms with Gasteiger partial charge in [-0.1, -0.05) is 160 Å². The molecule has 28 nitrogen and oxygen atoms in total. The molecule has 2 heterocycles. The van der Waals surface area contributed by atoms with Gasteiger partial charge in [0.05, 0.1) is 42.7 Å². The Balaban J connectivity index is 0.899. The number of thiazole rings is 1. The second kappa shape index (κ2) is 43.1. The van der Waals surface area contributed by atoms with Crippen molar-refractivity contribution < 1.29 is 71.7 Å². The molecule has 1 fully saturated rings. The highest BCUT2D eigenvalue weighted by atomic mass is 32.1. The van der Waals surface area contributed by atoms with Gasteiger partial charge in [-0.3, -0.25) is 38.4 Å². The standard InChI is InChI=1S/C83H117N13O15S/c1-15-52(8)70(66(108-13)46-67(97)96-43-26-35-65(96)71(109-14)53(9)73(99)91-64(77-85-42-44-112-77)45-54-27-17-16-18-28-54)95(12)78(103)69(50(4)5)93-79(104)83(10,11)94-82(107)110-47-55-36-38-56(39-37-55)88-74(100)63(34-25-41-86-80(84)105)90-76(102)68(49(2)3)92-75(101)62(89-72(98)51(6)7)33-23-24-40-87-81(106)111-48-61-59-31-21-19-29-57(59)58-30-20-22-32-60(58)61/h16-22,27-32,36-39,42,44,49-53,61-66,68-71H,15,23-26,33-35,40-41,43,45-48H2,1-14H3,(H,87,106)(H,88,100)(H,89,98)(H,90,102)(H,91,99)(H,92,101)(H,93,104)(H,94,107)(H3,84,86,105)/t52-,53+,62-,63-,64-,65-,66+,68-,69-,70-,71+/m0/s1. The number of alkyl carbamates (subject to hydrolysis) is 2. The minimum Gasteiger partial charge on any atom is -0.449 e. The molecular formula is C83H117N13O15S. The van der Waals surface area contributed by atoms with Crippen molar-refractivity contribution in [3.05, 3.63) is 142 Å². The first-order valence-electron chi connectivity index (χ1n) is 38.9. The first kappa shape index (κ1) is 89.2. The molecule has 11 N–H and O–H groups in total. The Hall–Kier alpha value is -10.0. The molecular weight excluding hydrogens is 1450 g/mol. The molecule has 2 aliphatic rings. The molecule has 0 unspecified atom stereocenters. The number of benzene rings is 4. The summed E-state index contributed by atoms with van der Waals surface area (Å²) in [4.78, 5) is 159. The molecule has 0 saturated carbocycles. The van der Waals surface area contributed by atoms with E-state index in [9.17, 15) is 52.7 Å². The molecule has 11 atom stereocenters. The maximum Gasteiger partial charge on any atom is 0.408 e. The average molecular weight is 1570 g/mol. The summed E-state index contributed by atoms with van der Waals surface area (Å²) in [6.07, 6.45) is 2.37. The summed E-state index contributed by atoms with van der Waals surface area (Å²) in [5.41, 5.74) is 9.93. The zero-order valence-corrected chi connectivity index (χ0v) is 68.0. The number of hydrogen-bond donors (Lipinski definition) is 10. The highest BCUT2D eigenvalue weighted by Crippen LogP contribution is 2.44. The molecule has 112 heavy (non-hydrogen) atoms. The molecule has 5 aromatic rings. The van der Waals surface area contributed by atoms with Crippen molar-refractivity contribution in [2.24, 2.45) is 35.3 Å². The van der Waals surface area contributed by atoms with Crippen LogP contribution >= 0.6 is 11.3 Å². The third-order valence-corrected chi connectivity index (χ3v) is 21.8. The fourth-order valence-electron chi connectivity index (χ4n) is 14.3. The van der Waals surface area contributed by atoms with Gasteiger partial charge in [-0.2, -0.15) is 0 Å². The molecule has 1 saturated heterocycles. The molecule has 1 aliphatic carbocycles. The van der Waals surface area contributed by atoms with Gasteiger partial charge in [0.25, 0.3) is 0 Å². The van der Waals surface area contributed by atoms with E-state index in [2.05, 4.69) is 65.0 Å². The quantitative estimate of drug-likeness (QED) is 0.0163. The SMILES string of the molecule is CC[C@H](C)[C@@H]([C@@H](CC(=O)N1CCC[C@H]1[C@H](OC)[C@@H](C)C(=O)N[C@@H](Cc1ccccc1)c1nccs1)OC)N(C)C(=O)[C@@H](NC(=O)C(C)(C)NC(=O)OCc1ccc(NC(=O)[C@H](CCCNC(N)=O)NC(=O)[C@@H](NC(=O)[C@H](CCCCNC(=O)OCC2c3ccccc3-c3ccccc32)NC(=O)C(C)C)C(C)C)cc1)C(C)C. The van der Waals surface area contributed by atoms with E-state index in [4.69, 9.17) is 24.7 Å². The van der Waals surface area contributed by atoms with Crippen molar-refractivity contribution in [2.75, 3.05) is 52.8 Å². The monoisotopic (exact) mass is 1570 g/mol. The second-order valence-electron chi connectivity index (χ2n) is 30.6. The Kier molecular flexibility index (Phi) is 34.4. The maximum atomic E-state index is 14.8. The van der Waals surface area contributed by atoms with Gasteiger partial charge in [0.2, 0.25) is 47.3 Å². The van der Waals surface area contributed by atoms with Crippen LogP contribution in [0.1, 0.15) is 173 Å². The number of rotatable bonds is 42. The number of nitrogens with two attached hydrogens (primary N) is 1. The Labute approximate surface area is 662 Å². The number of carbonyl (C=O) groups excluding carboxylic acids is 11. The van der Waals surface area contributed by atoms with Crippen LogP contribution in [0.2, 0.25) is 0 Å². The molecule has 12 amide bonds. The Morgan fingerprint density at radius 1 is 0.652 bits per heavy atom. The van der Waals surface area contributed by atoms with Crippen LogP contribution in [0, 0.1) is 29.6 Å². The van der Waals surface area contributed by atoms with E-state index >= 15 is 0 Å². The predicted molar refractivity (Wildman–Crippen MR) is 428 cm³/mol. The molecule has 1 aliphatic heterocycles. The summed E-state index contributed by atoms with van der Waals surface area (Å²) in [7, 11) is 4.69. The third kappa shape index (κ3) is 25.3. The highest BCUT2D eigenvalue weighted by Gasteiger charge is 2.45. The normalized spacial score (nSPS) is 16.0. The summed E-state index contributed by atoms with van der Waals surface area (Å²) in [6.45, 7) is 19.7. The maximum absolute atomic E-state index is 14.8. The Morgan fingerprint density at radius 2 is 1.27 bits per heavy atom. The minimum absolute atomic E-state index is 0.0286. The van der Waals surface area contributed by atoms with Gasteiger partial charge in [-0.15, -0.1) is 11.3 Å². The van der Waals surface area contributed by atoms with Crippen LogP contribution in [0.3, 0.4) is 0 Å². The van der Waals surface area contributed by atoms with Crippen LogP contribution in [0.15, 0.2) is 115 Å². The first-order chi connectivity index (χ1) is 53.4. The minimum atomic E-state index is -1.61. The zero-order valence-electron chi connectivity index (χ0n) is 67.2. The highest BCUT2D eigenvalue weighted by molar-refractivity contribution is 7.09. The molecule has 0 spiro atoms. The number of carbonyl (C=O) groups is 11. The lowest BCUT2D eigenvalue weighted by molar-refractivity contribution is -0.148. The van der Waals surface area contributed by atoms with Crippen LogP contribution in [0.4, 0.5) is 20.1 Å². The number of aromatic nitrogens is 1. The molecule has 4 aromatic carbocycles. The summed E-state index contributed by atoms with van der Waals surface area (Å²) < 4.78 is 23.4. The molecule has 610 valence electrons. The second-order valence-corrected chi connectivity index (χ2v) is 31.5. The zero-order chi connectivity index (χ0) is 81.9. The lowest BCUT2D eigenvalue weighted by Crippen LogP contribution is -2.62. The van der Waals surface area contributed by atoms with Crippen molar-refractivity contribution in [3.63, 3.8) is 0 Å². The number of unbranched alkanes of at least 4 members (excludes halogenated alkanes) is 1. The Morgan fingerprint density at radius 3 is 1.87 bits per heavy atom. The van der Waals surface area contributed by atoms with E-state index in [1.54, 1.807) is 96.0 Å². The van der Waals surface area contributed by atoms with Gasteiger partial charge in [0, 0.05) is 70.0 Å². The average Bonchev–Trinajstić information content (AvgIpc) is 1.61. The van der Waals surface area contributed by atoms with Gasteiger partial charge in [0.15, 0.2) is 0 Å². The largest absolute Gasteiger partial charge is 0.449 e. The summed E-state index contributed by atoms with van der Waals surface area (Å²) in [6, 6.07) is 25.5. The number of likely N-dealkylation sites (N-methyl/N-ethyl adjacent to an activating group) is 1. The summed E-state index contributed by atoms with van der Waals surface area (Å²) >= 11 is 1.47. The number of urea groups is 1. The number of nitrogens with zero attached hydrogens (tertiary/aromatic N) is 3. The van der Waals surface area contributed by atoms with Crippen LogP contribution in [0.5, 0.6) is 0 Å². The van der Waals surface area contributed by atoms with Crippen molar-refractivity contribution in [3.8, 4) is 11.1 Å². The molecule has 7 rings (SSSR count). The van der Waals surface area contributed by atoms with Gasteiger partial charge in [-0.05, 0) is 128 Å². The van der Waals surface area contributed by atoms with Crippen LogP contribution in [-0.2, 0) is 70.3 Å². The van der Waals surface area contributed by atoms with Crippen molar-refractivity contribution in [1.82, 2.24) is 57.3 Å². The number of likely N-dealkylation sites (tertiary alicyclic amines) is 1. The number of nitrogens with one attached hydrogen (secondary N) is 9. The number of anilines is 1. The lowest BCUT2D eigenvalue weighted by atomic mass is 9.89. The van der Waals surface area contributed by atoms with E-state index in [-0.39, 0.29) is 87.6 Å². The molecule has 0 radical (unpaired) electrons. The third-order valence-electron chi connectivity index (χ3n) is 20.9. The predicted octanol–water partition coefficient (Wildman–Crippen LogP) is 9.17. The summed E-state index contributed by atoms with van der Waals surface area (Å²) in [5, 5.41) is 27.8. The fraction of sp³-hybridized carbons (Fsp3) is 0.542. The van der Waals surface area contributed by atoms with Gasteiger partial charge in [-0.25, -0.2) is 19.4 Å². The topological polar surface area (TPSA) is 378 Å². The van der Waals surface area contributed by atoms with Crippen molar-refractivity contribution >= 4 is 82.5 Å². The van der Waals surface area contributed by atoms with E-state index in [0.29, 0.717) is 56.3 Å². The Bertz CT molecular complexity index is 3910. The smallest absolute Gasteiger partial charge is 0.408 e. The molecule has 0 bridgehead atoms. The van der Waals surface area contributed by atoms with E-state index in [1.807, 2.05) is 92.9 Å².